The van der Waals surface area contributed by atoms with Gasteiger partial charge in [0.2, 0.25) is 5.92 Å². The van der Waals surface area contributed by atoms with E-state index in [0.29, 0.717) is 19.4 Å². The van der Waals surface area contributed by atoms with Gasteiger partial charge in [-0.05, 0) is 66.6 Å². The van der Waals surface area contributed by atoms with Gasteiger partial charge in [-0.3, -0.25) is 0 Å². The molecule has 0 atom stereocenters. The fourth-order valence-corrected chi connectivity index (χ4v) is 5.60. The van der Waals surface area contributed by atoms with Crippen LogP contribution in [-0.4, -0.2) is 40.8 Å². The van der Waals surface area contributed by atoms with Gasteiger partial charge in [0.15, 0.2) is 0 Å². The molecule has 0 amide bonds. The maximum Gasteiger partial charge on any atom is 0.248 e. The molecule has 8 heteroatoms. The monoisotopic (exact) mass is 546 g/mol. The van der Waals surface area contributed by atoms with Crippen molar-refractivity contribution in [2.24, 2.45) is 5.92 Å². The van der Waals surface area contributed by atoms with E-state index in [1.165, 1.54) is 5.56 Å². The van der Waals surface area contributed by atoms with Gasteiger partial charge in [0.1, 0.15) is 5.82 Å². The Labute approximate surface area is 231 Å². The molecule has 5 nitrogen and oxygen atoms in total. The summed E-state index contributed by atoms with van der Waals surface area (Å²) in [7, 11) is 2.05. The zero-order valence-electron chi connectivity index (χ0n) is 23.7. The summed E-state index contributed by atoms with van der Waals surface area (Å²) in [5.41, 5.74) is 4.10. The average Bonchev–Trinajstić information content (AvgIpc) is 3.26. The first-order valence-corrected chi connectivity index (χ1v) is 14.5. The molecule has 0 aliphatic heterocycles. The summed E-state index contributed by atoms with van der Waals surface area (Å²) in [6, 6.07) is 14.8. The number of aromatic nitrogens is 2. The van der Waals surface area contributed by atoms with Crippen LogP contribution in [0.1, 0.15) is 71.7 Å². The van der Waals surface area contributed by atoms with Crippen molar-refractivity contribution in [3.8, 4) is 0 Å². The summed E-state index contributed by atoms with van der Waals surface area (Å²) < 4.78 is 31.8. The van der Waals surface area contributed by atoms with E-state index in [4.69, 9.17) is 10.1 Å². The van der Waals surface area contributed by atoms with E-state index >= 15 is 0 Å². The predicted molar refractivity (Wildman–Crippen MR) is 156 cm³/mol. The normalized spacial score (nSPS) is 15.8. The SMILES string of the molecule is CC.CN(Sc1ccc(CNCCO)cc1)c1ccc2c(c1)nc(C(C)(C)C)n2CC1CCC(F)(F)CC1. The van der Waals surface area contributed by atoms with Gasteiger partial charge >= 0.3 is 0 Å². The largest absolute Gasteiger partial charge is 0.395 e. The minimum Gasteiger partial charge on any atom is -0.395 e. The van der Waals surface area contributed by atoms with Gasteiger partial charge in [-0.25, -0.2) is 13.8 Å². The van der Waals surface area contributed by atoms with Crippen LogP contribution in [-0.2, 0) is 18.5 Å². The number of imidazole rings is 1. The van der Waals surface area contributed by atoms with E-state index in [9.17, 15) is 8.78 Å². The molecule has 0 unspecified atom stereocenters. The highest BCUT2D eigenvalue weighted by atomic mass is 32.2. The molecule has 1 fully saturated rings. The fourth-order valence-electron chi connectivity index (χ4n) is 4.80. The molecule has 38 heavy (non-hydrogen) atoms. The Morgan fingerprint density at radius 3 is 2.37 bits per heavy atom. The number of fused-ring (bicyclic) bond motifs is 1. The van der Waals surface area contributed by atoms with E-state index < -0.39 is 5.92 Å². The number of aliphatic hydroxyl groups is 1. The summed E-state index contributed by atoms with van der Waals surface area (Å²) in [5.74, 6) is -1.25. The number of nitrogens with zero attached hydrogens (tertiary/aromatic N) is 3. The minimum atomic E-state index is -2.51. The van der Waals surface area contributed by atoms with Crippen LogP contribution in [0.2, 0.25) is 0 Å². The number of aliphatic hydroxyl groups excluding tert-OH is 1. The number of nitrogens with one attached hydrogen (secondary N) is 1. The Balaban J connectivity index is 0.00000195. The minimum absolute atomic E-state index is 0.0124. The molecular weight excluding hydrogens is 502 g/mol. The Morgan fingerprint density at radius 1 is 1.11 bits per heavy atom. The lowest BCUT2D eigenvalue weighted by Crippen LogP contribution is -2.28. The third kappa shape index (κ3) is 7.93. The predicted octanol–water partition coefficient (Wildman–Crippen LogP) is 7.41. The fraction of sp³-hybridized carbons (Fsp3) is 0.567. The summed E-state index contributed by atoms with van der Waals surface area (Å²) in [6.45, 7) is 12.7. The van der Waals surface area contributed by atoms with Crippen molar-refractivity contribution < 1.29 is 13.9 Å². The highest BCUT2D eigenvalue weighted by molar-refractivity contribution is 8.00. The number of alkyl halides is 2. The van der Waals surface area contributed by atoms with Crippen molar-refractivity contribution in [1.29, 1.82) is 0 Å². The molecule has 1 aliphatic rings. The highest BCUT2D eigenvalue weighted by Crippen LogP contribution is 2.38. The third-order valence-corrected chi connectivity index (χ3v) is 7.79. The Kier molecular flexibility index (Phi) is 10.6. The first-order valence-electron chi connectivity index (χ1n) is 13.8. The molecule has 4 rings (SSSR count). The van der Waals surface area contributed by atoms with Crippen LogP contribution in [0.25, 0.3) is 11.0 Å². The molecule has 210 valence electrons. The molecule has 1 saturated carbocycles. The van der Waals surface area contributed by atoms with Crippen molar-refractivity contribution in [3.63, 3.8) is 0 Å². The molecule has 1 aliphatic carbocycles. The number of hydrogen-bond donors (Lipinski definition) is 2. The lowest BCUT2D eigenvalue weighted by molar-refractivity contribution is -0.0473. The van der Waals surface area contributed by atoms with Gasteiger partial charge in [-0.2, -0.15) is 0 Å². The molecule has 0 saturated heterocycles. The number of rotatable bonds is 9. The quantitative estimate of drug-likeness (QED) is 0.216. The molecule has 1 heterocycles. The van der Waals surface area contributed by atoms with Crippen molar-refractivity contribution in [3.05, 3.63) is 53.9 Å². The number of halogens is 2. The summed E-state index contributed by atoms with van der Waals surface area (Å²) in [4.78, 5) is 6.17. The Hall–Kier alpha value is -2.16. The van der Waals surface area contributed by atoms with Crippen molar-refractivity contribution >= 4 is 28.7 Å². The molecule has 2 aromatic carbocycles. The molecular formula is C30H44F2N4OS. The molecule has 0 bridgehead atoms. The van der Waals surface area contributed by atoms with Gasteiger partial charge in [0.05, 0.1) is 17.6 Å². The van der Waals surface area contributed by atoms with Gasteiger partial charge in [0, 0.05) is 55.5 Å². The molecule has 3 aromatic rings. The molecule has 1 aromatic heterocycles. The van der Waals surface area contributed by atoms with E-state index in [1.807, 2.05) is 20.9 Å². The topological polar surface area (TPSA) is 53.3 Å². The smallest absolute Gasteiger partial charge is 0.248 e. The first kappa shape index (κ1) is 30.4. The van der Waals surface area contributed by atoms with Crippen LogP contribution >= 0.6 is 11.9 Å². The van der Waals surface area contributed by atoms with Crippen molar-refractivity contribution in [2.75, 3.05) is 24.5 Å². The lowest BCUT2D eigenvalue weighted by Gasteiger charge is -2.30. The van der Waals surface area contributed by atoms with Gasteiger partial charge < -0.3 is 19.3 Å². The van der Waals surface area contributed by atoms with Crippen molar-refractivity contribution in [1.82, 2.24) is 14.9 Å². The van der Waals surface area contributed by atoms with Crippen LogP contribution < -0.4 is 9.62 Å². The molecule has 2 N–H and O–H groups in total. The maximum absolute atomic E-state index is 13.7. The second kappa shape index (κ2) is 13.3. The van der Waals surface area contributed by atoms with Gasteiger partial charge in [-0.15, -0.1) is 0 Å². The van der Waals surface area contributed by atoms with E-state index in [1.54, 1.807) is 11.9 Å². The molecule has 0 spiro atoms. The van der Waals surface area contributed by atoms with E-state index in [-0.39, 0.29) is 30.8 Å². The van der Waals surface area contributed by atoms with Crippen LogP contribution in [0, 0.1) is 5.92 Å². The number of benzene rings is 2. The zero-order chi connectivity index (χ0) is 27.9. The second-order valence-corrected chi connectivity index (χ2v) is 12.1. The lowest BCUT2D eigenvalue weighted by atomic mass is 9.86. The first-order chi connectivity index (χ1) is 18.1. The van der Waals surface area contributed by atoms with Gasteiger partial charge in [-0.1, -0.05) is 46.8 Å². The van der Waals surface area contributed by atoms with E-state index in [2.05, 4.69) is 77.4 Å². The standard InChI is InChI=1S/C28H38F2N4OS.C2H6/c1-27(2,3)26-32-24-17-22(33(4)36-23-8-5-20(6-9-23)18-31-15-16-35)7-10-25(24)34(26)19-21-11-13-28(29,30)14-12-21;1-2/h5-10,17,21,31,35H,11-16,18-19H2,1-4H3;1-2H3. The highest BCUT2D eigenvalue weighted by Gasteiger charge is 2.35. The van der Waals surface area contributed by atoms with Crippen molar-refractivity contribution in [2.45, 2.75) is 89.6 Å². The van der Waals surface area contributed by atoms with Crippen LogP contribution in [0.3, 0.4) is 0 Å². The number of hydrogen-bond acceptors (Lipinski definition) is 5. The van der Waals surface area contributed by atoms with Gasteiger partial charge in [0.25, 0.3) is 0 Å². The second-order valence-electron chi connectivity index (χ2n) is 10.9. The average molecular weight is 547 g/mol. The third-order valence-electron chi connectivity index (χ3n) is 6.83. The summed E-state index contributed by atoms with van der Waals surface area (Å²) in [5, 5.41) is 12.1. The van der Waals surface area contributed by atoms with Crippen LogP contribution in [0.15, 0.2) is 47.4 Å². The van der Waals surface area contributed by atoms with Crippen LogP contribution in [0.4, 0.5) is 14.5 Å². The summed E-state index contributed by atoms with van der Waals surface area (Å²) in [6.07, 6.45) is 1.09. The Morgan fingerprint density at radius 2 is 1.76 bits per heavy atom. The molecule has 0 radical (unpaired) electrons. The maximum atomic E-state index is 13.7. The van der Waals surface area contributed by atoms with Crippen LogP contribution in [0.5, 0.6) is 0 Å². The van der Waals surface area contributed by atoms with E-state index in [0.717, 1.165) is 40.5 Å². The summed E-state index contributed by atoms with van der Waals surface area (Å²) >= 11 is 1.65. The zero-order valence-corrected chi connectivity index (χ0v) is 24.5. The Bertz CT molecular complexity index is 1150. The number of anilines is 1.